The second-order valence-corrected chi connectivity index (χ2v) is 10.1. The van der Waals surface area contributed by atoms with Gasteiger partial charge in [0.05, 0.1) is 29.6 Å². The molecule has 0 spiro atoms. The van der Waals surface area contributed by atoms with Crippen LogP contribution in [0.15, 0.2) is 29.2 Å². The van der Waals surface area contributed by atoms with Gasteiger partial charge in [0.2, 0.25) is 11.8 Å². The lowest BCUT2D eigenvalue weighted by Gasteiger charge is -2.17. The van der Waals surface area contributed by atoms with E-state index in [2.05, 4.69) is 25.6 Å². The van der Waals surface area contributed by atoms with Crippen molar-refractivity contribution in [3.05, 3.63) is 63.6 Å². The van der Waals surface area contributed by atoms with Crippen LogP contribution in [0.1, 0.15) is 43.9 Å². The van der Waals surface area contributed by atoms with E-state index < -0.39 is 40.9 Å². The number of hydrogen-bond acceptors (Lipinski definition) is 6. The average molecular weight is 574 g/mol. The van der Waals surface area contributed by atoms with Crippen molar-refractivity contribution in [2.75, 3.05) is 19.4 Å². The number of rotatable bonds is 11. The summed E-state index contributed by atoms with van der Waals surface area (Å²) in [6, 6.07) is -0.447. The highest BCUT2D eigenvalue weighted by Crippen LogP contribution is 2.21. The van der Waals surface area contributed by atoms with E-state index in [0.29, 0.717) is 17.6 Å². The van der Waals surface area contributed by atoms with Gasteiger partial charge in [0.1, 0.15) is 28.9 Å². The molecule has 3 aromatic rings. The molecular weight excluding hydrogens is 540 g/mol. The van der Waals surface area contributed by atoms with Crippen LogP contribution in [0.5, 0.6) is 0 Å². The van der Waals surface area contributed by atoms with Gasteiger partial charge in [0.15, 0.2) is 5.82 Å². The number of amides is 3. The summed E-state index contributed by atoms with van der Waals surface area (Å²) in [5.74, 6) is -2.22. The molecule has 3 heterocycles. The zero-order valence-corrected chi connectivity index (χ0v) is 23.4. The first-order chi connectivity index (χ1) is 19.3. The number of aromatic amines is 1. The van der Waals surface area contributed by atoms with Gasteiger partial charge in [-0.1, -0.05) is 19.9 Å². The molecule has 0 aliphatic heterocycles. The number of anilines is 1. The minimum atomic E-state index is -1.48. The summed E-state index contributed by atoms with van der Waals surface area (Å²) in [5, 5.41) is 13.5. The molecule has 41 heavy (non-hydrogen) atoms. The van der Waals surface area contributed by atoms with Gasteiger partial charge >= 0.3 is 6.09 Å². The molecule has 0 bridgehead atoms. The van der Waals surface area contributed by atoms with Crippen LogP contribution >= 0.6 is 0 Å². The van der Waals surface area contributed by atoms with Gasteiger partial charge in [0, 0.05) is 20.2 Å². The molecule has 3 amide bonds. The van der Waals surface area contributed by atoms with Crippen LogP contribution in [0, 0.1) is 24.5 Å². The zero-order valence-electron chi connectivity index (χ0n) is 23.4. The van der Waals surface area contributed by atoms with Crippen LogP contribution in [0.4, 0.5) is 19.3 Å². The first kappa shape index (κ1) is 30.9. The predicted octanol–water partition coefficient (Wildman–Crippen LogP) is 2.95. The van der Waals surface area contributed by atoms with Crippen molar-refractivity contribution in [1.29, 1.82) is 0 Å². The molecule has 0 aliphatic rings. The van der Waals surface area contributed by atoms with Crippen LogP contribution < -0.4 is 16.2 Å². The largest absolute Gasteiger partial charge is 0.465 e. The first-order valence-corrected chi connectivity index (χ1v) is 12.9. The Kier molecular flexibility index (Phi) is 9.92. The standard InChI is InChI=1S/C27H33F2N7O5/c1-14(2)10-19-24-23(17(29)12-30-19)33-21(34-24)13-36-15(3)16(28)11-20(26(36)39)31-25(38)18(32-27(40)41)8-6-7-9-22(37)35(4)5/h7,9,11-12,14,18,32H,6,8,10,13H2,1-5H3,(H,31,38)(H,33,34)(H,40,41)/b9-7+. The molecule has 0 fully saturated rings. The van der Waals surface area contributed by atoms with E-state index in [4.69, 9.17) is 5.11 Å². The van der Waals surface area contributed by atoms with Crippen LogP contribution in [-0.2, 0) is 22.6 Å². The van der Waals surface area contributed by atoms with Crippen LogP contribution in [0.3, 0.4) is 0 Å². The minimum Gasteiger partial charge on any atom is -0.465 e. The number of likely N-dealkylation sites (N-methyl/N-ethyl adjacent to an activating group) is 1. The number of carbonyl (C=O) groups is 3. The summed E-state index contributed by atoms with van der Waals surface area (Å²) < 4.78 is 30.4. The molecule has 0 saturated heterocycles. The number of aromatic nitrogens is 4. The van der Waals surface area contributed by atoms with E-state index >= 15 is 0 Å². The highest BCUT2D eigenvalue weighted by Gasteiger charge is 2.23. The lowest BCUT2D eigenvalue weighted by Crippen LogP contribution is -2.44. The van der Waals surface area contributed by atoms with Crippen molar-refractivity contribution in [2.45, 2.75) is 52.6 Å². The Bertz CT molecular complexity index is 1550. The van der Waals surface area contributed by atoms with E-state index in [1.807, 2.05) is 13.8 Å². The topological polar surface area (TPSA) is 162 Å². The molecule has 4 N–H and O–H groups in total. The van der Waals surface area contributed by atoms with Gasteiger partial charge in [0.25, 0.3) is 5.56 Å². The van der Waals surface area contributed by atoms with E-state index in [1.165, 1.54) is 24.0 Å². The van der Waals surface area contributed by atoms with E-state index in [9.17, 15) is 28.0 Å². The van der Waals surface area contributed by atoms with Gasteiger partial charge in [-0.05, 0) is 38.2 Å². The number of allylic oxidation sites excluding steroid dienone is 1. The fraction of sp³-hybridized carbons (Fsp3) is 0.407. The highest BCUT2D eigenvalue weighted by atomic mass is 19.1. The molecule has 3 rings (SSSR count). The van der Waals surface area contributed by atoms with Gasteiger partial charge in [-0.2, -0.15) is 0 Å². The van der Waals surface area contributed by atoms with Crippen molar-refractivity contribution < 1.29 is 28.3 Å². The summed E-state index contributed by atoms with van der Waals surface area (Å²) in [4.78, 5) is 61.9. The maximum atomic E-state index is 14.9. The number of H-pyrrole nitrogens is 1. The molecular formula is C27H33F2N7O5. The molecule has 0 aromatic carbocycles. The number of imidazole rings is 1. The van der Waals surface area contributed by atoms with Crippen molar-refractivity contribution in [3.63, 3.8) is 0 Å². The smallest absolute Gasteiger partial charge is 0.405 e. The third kappa shape index (κ3) is 7.74. The molecule has 0 aliphatic carbocycles. The van der Waals surface area contributed by atoms with E-state index in [1.54, 1.807) is 14.1 Å². The number of hydrogen-bond donors (Lipinski definition) is 4. The Hall–Kier alpha value is -4.62. The maximum Gasteiger partial charge on any atom is 0.405 e. The SMILES string of the molecule is Cc1c(F)cc(NC(=O)C(CC/C=C/C(=O)N(C)C)NC(=O)O)c(=O)n1Cc1nc2c(F)cnc(CC(C)C)c2[nH]1. The van der Waals surface area contributed by atoms with E-state index in [0.717, 1.165) is 16.8 Å². The Morgan fingerprint density at radius 1 is 1.22 bits per heavy atom. The number of nitrogens with zero attached hydrogens (tertiary/aromatic N) is 4. The van der Waals surface area contributed by atoms with Gasteiger partial charge < -0.3 is 30.2 Å². The Labute approximate surface area is 234 Å². The number of nitrogens with one attached hydrogen (secondary N) is 3. The zero-order chi connectivity index (χ0) is 30.4. The second kappa shape index (κ2) is 13.2. The van der Waals surface area contributed by atoms with Gasteiger partial charge in [-0.25, -0.2) is 18.6 Å². The lowest BCUT2D eigenvalue weighted by atomic mass is 10.1. The fourth-order valence-corrected chi connectivity index (χ4v) is 4.06. The molecule has 3 aromatic heterocycles. The van der Waals surface area contributed by atoms with Crippen LogP contribution in [0.2, 0.25) is 0 Å². The average Bonchev–Trinajstić information content (AvgIpc) is 3.33. The molecule has 0 saturated carbocycles. The third-order valence-electron chi connectivity index (χ3n) is 6.20. The number of carbonyl (C=O) groups excluding carboxylic acids is 2. The highest BCUT2D eigenvalue weighted by molar-refractivity contribution is 5.96. The molecule has 1 unspecified atom stereocenters. The van der Waals surface area contributed by atoms with Crippen molar-refractivity contribution in [1.82, 2.24) is 29.7 Å². The monoisotopic (exact) mass is 573 g/mol. The normalized spacial score (nSPS) is 12.2. The van der Waals surface area contributed by atoms with E-state index in [-0.39, 0.29) is 48.2 Å². The quantitative estimate of drug-likeness (QED) is 0.256. The van der Waals surface area contributed by atoms with Crippen molar-refractivity contribution >= 4 is 34.6 Å². The molecule has 1 atom stereocenters. The van der Waals surface area contributed by atoms with Crippen molar-refractivity contribution in [2.24, 2.45) is 5.92 Å². The number of fused-ring (bicyclic) bond motifs is 1. The van der Waals surface area contributed by atoms with Crippen LogP contribution in [0.25, 0.3) is 11.0 Å². The summed E-state index contributed by atoms with van der Waals surface area (Å²) >= 11 is 0. The summed E-state index contributed by atoms with van der Waals surface area (Å²) in [6.07, 6.45) is 3.07. The maximum absolute atomic E-state index is 14.9. The molecule has 12 nitrogen and oxygen atoms in total. The number of halogens is 2. The molecule has 0 radical (unpaired) electrons. The van der Waals surface area contributed by atoms with Crippen molar-refractivity contribution in [3.8, 4) is 0 Å². The Balaban J connectivity index is 1.87. The first-order valence-electron chi connectivity index (χ1n) is 12.9. The summed E-state index contributed by atoms with van der Waals surface area (Å²) in [7, 11) is 3.13. The molecule has 14 heteroatoms. The molecule has 220 valence electrons. The summed E-state index contributed by atoms with van der Waals surface area (Å²) in [5.41, 5.74) is -0.213. The second-order valence-electron chi connectivity index (χ2n) is 10.1. The predicted molar refractivity (Wildman–Crippen MR) is 148 cm³/mol. The minimum absolute atomic E-state index is 0.0326. The fourth-order valence-electron chi connectivity index (χ4n) is 4.06. The van der Waals surface area contributed by atoms with Gasteiger partial charge in [-0.3, -0.25) is 19.4 Å². The number of carboxylic acid groups (broad SMARTS) is 1. The Morgan fingerprint density at radius 3 is 2.56 bits per heavy atom. The Morgan fingerprint density at radius 2 is 1.93 bits per heavy atom. The summed E-state index contributed by atoms with van der Waals surface area (Å²) in [6.45, 7) is 5.08. The van der Waals surface area contributed by atoms with Gasteiger partial charge in [-0.15, -0.1) is 0 Å². The van der Waals surface area contributed by atoms with Crippen LogP contribution in [-0.4, -0.2) is 67.6 Å². The number of pyridine rings is 2. The third-order valence-corrected chi connectivity index (χ3v) is 6.20. The lowest BCUT2D eigenvalue weighted by molar-refractivity contribution is -0.123.